The van der Waals surface area contributed by atoms with Crippen LogP contribution in [0.1, 0.15) is 5.56 Å². The van der Waals surface area contributed by atoms with Gasteiger partial charge in [0, 0.05) is 16.2 Å². The maximum absolute atomic E-state index is 12.7. The van der Waals surface area contributed by atoms with Crippen LogP contribution in [0.25, 0.3) is 0 Å². The van der Waals surface area contributed by atoms with Crippen molar-refractivity contribution in [2.24, 2.45) is 0 Å². The molecule has 0 spiro atoms. The highest BCUT2D eigenvalue weighted by atomic mass is 32.3. The molecular formula is C12H14F6NO4S2+. The highest BCUT2D eigenvalue weighted by Gasteiger charge is 2.57. The lowest BCUT2D eigenvalue weighted by Crippen LogP contribution is -3.00. The standard InChI is InChI=1S/C12H13F6NO4S2/c1-19(2)9-5-3-8(4-6-9)7-10(24(20,21)11(13,14)15)25(22,23)12(16,17)18/h3-6H,7H2,1-2H3,(H,20,21)/p+1. The van der Waals surface area contributed by atoms with E-state index in [1.807, 2.05) is 0 Å². The smallest absolute Gasteiger partial charge is 0.549 e. The Hall–Kier alpha value is -1.31. The number of halogens is 6. The molecule has 1 aromatic carbocycles. The van der Waals surface area contributed by atoms with E-state index < -0.39 is 41.3 Å². The molecule has 0 saturated heterocycles. The number of nitrogens with one attached hydrogen (secondary N) is 1. The summed E-state index contributed by atoms with van der Waals surface area (Å²) in [6.45, 7) is 0. The molecule has 0 amide bonds. The molecule has 0 fully saturated rings. The van der Waals surface area contributed by atoms with E-state index in [1.165, 1.54) is 12.1 Å². The van der Waals surface area contributed by atoms with Crippen LogP contribution in [0.5, 0.6) is 0 Å². The fourth-order valence-electron chi connectivity index (χ4n) is 1.72. The summed E-state index contributed by atoms with van der Waals surface area (Å²) in [4.78, 5) is 0.792. The van der Waals surface area contributed by atoms with E-state index in [0.29, 0.717) is 5.69 Å². The molecule has 144 valence electrons. The zero-order valence-electron chi connectivity index (χ0n) is 12.8. The molecule has 2 unspecified atom stereocenters. The average Bonchev–Trinajstić information content (AvgIpc) is 2.42. The molecule has 0 aliphatic carbocycles. The van der Waals surface area contributed by atoms with E-state index >= 15 is 0 Å². The Morgan fingerprint density at radius 2 is 1.48 bits per heavy atom. The Morgan fingerprint density at radius 3 is 1.80 bits per heavy atom. The van der Waals surface area contributed by atoms with Gasteiger partial charge in [-0.05, 0) is 17.7 Å². The molecule has 0 heterocycles. The molecule has 1 aromatic rings. The molecule has 5 nitrogen and oxygen atoms in total. The second kappa shape index (κ2) is 6.78. The van der Waals surface area contributed by atoms with Crippen LogP contribution >= 0.6 is 0 Å². The summed E-state index contributed by atoms with van der Waals surface area (Å²) in [7, 11) is -9.69. The summed E-state index contributed by atoms with van der Waals surface area (Å²) in [6.07, 6.45) is -1.50. The first-order valence-corrected chi connectivity index (χ1v) is 9.41. The third-order valence-electron chi connectivity index (χ3n) is 3.11. The van der Waals surface area contributed by atoms with Crippen LogP contribution in [0.2, 0.25) is 0 Å². The van der Waals surface area contributed by atoms with Gasteiger partial charge in [-0.1, -0.05) is 12.1 Å². The van der Waals surface area contributed by atoms with Crippen LogP contribution in [0.3, 0.4) is 0 Å². The largest absolute Gasteiger partial charge is 0.770 e. The summed E-state index contributed by atoms with van der Waals surface area (Å²) < 4.78 is 117. The maximum atomic E-state index is 12.7. The normalized spacial score (nSPS) is 17.8. The third kappa shape index (κ3) is 4.46. The minimum Gasteiger partial charge on any atom is -0.770 e. The maximum Gasteiger partial charge on any atom is 0.549 e. The number of hydrogen-bond donors (Lipinski definition) is 1. The number of alkyl halides is 6. The highest BCUT2D eigenvalue weighted by molar-refractivity contribution is 8.22. The van der Waals surface area contributed by atoms with Crippen molar-refractivity contribution in [1.82, 2.24) is 0 Å². The van der Waals surface area contributed by atoms with Crippen LogP contribution in [0, 0.1) is 0 Å². The Morgan fingerprint density at radius 1 is 1.04 bits per heavy atom. The summed E-state index contributed by atoms with van der Waals surface area (Å²) in [5, 5.41) is 0. The molecule has 25 heavy (non-hydrogen) atoms. The van der Waals surface area contributed by atoms with Crippen LogP contribution < -0.4 is 4.90 Å². The number of rotatable bonds is 3. The van der Waals surface area contributed by atoms with Crippen molar-refractivity contribution in [2.75, 3.05) is 14.1 Å². The van der Waals surface area contributed by atoms with Gasteiger partial charge in [0.25, 0.3) is 0 Å². The lowest BCUT2D eigenvalue weighted by Gasteiger charge is -2.23. The van der Waals surface area contributed by atoms with Gasteiger partial charge in [0.15, 0.2) is 4.20 Å². The minimum atomic E-state index is -6.64. The van der Waals surface area contributed by atoms with Gasteiger partial charge in [-0.25, -0.2) is 4.21 Å². The molecule has 13 heteroatoms. The second-order valence-corrected chi connectivity index (χ2v) is 9.39. The van der Waals surface area contributed by atoms with Gasteiger partial charge in [-0.3, -0.25) is 4.21 Å². The van der Waals surface area contributed by atoms with Crippen molar-refractivity contribution in [3.05, 3.63) is 29.8 Å². The van der Waals surface area contributed by atoms with Crippen LogP contribution in [0.4, 0.5) is 32.0 Å². The Labute approximate surface area is 140 Å². The van der Waals surface area contributed by atoms with Crippen molar-refractivity contribution in [3.8, 4) is 0 Å². The zero-order chi connectivity index (χ0) is 19.8. The van der Waals surface area contributed by atoms with Crippen molar-refractivity contribution in [2.45, 2.75) is 17.4 Å². The lowest BCUT2D eigenvalue weighted by atomic mass is 10.1. The van der Waals surface area contributed by atoms with Crippen molar-refractivity contribution >= 4 is 29.5 Å². The monoisotopic (exact) mass is 414 g/mol. The van der Waals surface area contributed by atoms with Crippen LogP contribution in [0.15, 0.2) is 24.3 Å². The molecule has 2 atom stereocenters. The lowest BCUT2D eigenvalue weighted by molar-refractivity contribution is -0.786. The summed E-state index contributed by atoms with van der Waals surface area (Å²) in [6, 6.07) is 4.85. The van der Waals surface area contributed by atoms with E-state index in [9.17, 15) is 39.3 Å². The third-order valence-corrected chi connectivity index (χ3v) is 7.18. The van der Waals surface area contributed by atoms with Crippen molar-refractivity contribution < 1.29 is 48.4 Å². The molecule has 0 aliphatic rings. The zero-order valence-corrected chi connectivity index (χ0v) is 14.4. The molecule has 0 bridgehead atoms. The minimum absolute atomic E-state index is 0.293. The van der Waals surface area contributed by atoms with Crippen molar-refractivity contribution in [3.63, 3.8) is 0 Å². The predicted molar refractivity (Wildman–Crippen MR) is 78.7 cm³/mol. The molecule has 1 rings (SSSR count). The molecule has 0 aromatic heterocycles. The summed E-state index contributed by atoms with van der Waals surface area (Å²) >= 11 is 0. The van der Waals surface area contributed by atoms with E-state index in [4.69, 9.17) is 4.21 Å². The van der Waals surface area contributed by atoms with Crippen LogP contribution in [-0.2, 0) is 26.1 Å². The molecule has 0 aliphatic heterocycles. The molecule has 2 N–H and O–H groups in total. The summed E-state index contributed by atoms with van der Waals surface area (Å²) in [5.41, 5.74) is -11.9. The Kier molecular flexibility index (Phi) is 5.89. The van der Waals surface area contributed by atoms with E-state index in [2.05, 4.69) is 0 Å². The Bertz CT molecular complexity index is 847. The van der Waals surface area contributed by atoms with Gasteiger partial charge >= 0.3 is 20.9 Å². The summed E-state index contributed by atoms with van der Waals surface area (Å²) in [5.74, 6) is 0. The quantitative estimate of drug-likeness (QED) is 0.458. The fraction of sp³-hybridized carbons (Fsp3) is 0.417. The number of hydrogen-bond acceptors (Lipinski definition) is 3. The van der Waals surface area contributed by atoms with Gasteiger partial charge in [-0.2, -0.15) is 30.6 Å². The fourth-order valence-corrected chi connectivity index (χ4v) is 4.71. The average molecular weight is 414 g/mol. The van der Waals surface area contributed by atoms with E-state index in [-0.39, 0.29) is 5.56 Å². The Balaban J connectivity index is 3.62. The van der Waals surface area contributed by atoms with E-state index in [0.717, 1.165) is 17.0 Å². The first kappa shape index (κ1) is 21.7. The van der Waals surface area contributed by atoms with Crippen LogP contribution in [-0.4, -0.2) is 46.5 Å². The van der Waals surface area contributed by atoms with Gasteiger partial charge in [0.2, 0.25) is 0 Å². The molecular weight excluding hydrogens is 400 g/mol. The first-order chi connectivity index (χ1) is 11.0. The number of benzene rings is 1. The predicted octanol–water partition coefficient (Wildman–Crippen LogP) is 1.16. The van der Waals surface area contributed by atoms with Gasteiger partial charge < -0.3 is 9.45 Å². The second-order valence-electron chi connectivity index (χ2n) is 5.17. The topological polar surface area (TPSA) is 83.0 Å². The first-order valence-electron chi connectivity index (χ1n) is 6.41. The van der Waals surface area contributed by atoms with E-state index in [1.54, 1.807) is 14.1 Å². The highest BCUT2D eigenvalue weighted by Crippen LogP contribution is 2.32. The SMILES string of the molecule is C[NH+](C)c1ccc(CC(S(=O)(=[OH+])C(F)(F)F)=S(=O)([O-])C(F)(F)F)cc1. The molecule has 0 radical (unpaired) electrons. The van der Waals surface area contributed by atoms with Crippen molar-refractivity contribution in [1.29, 1.82) is 0 Å². The van der Waals surface area contributed by atoms with Gasteiger partial charge in [0.05, 0.1) is 14.1 Å². The van der Waals surface area contributed by atoms with Gasteiger partial charge in [-0.15, -0.1) is 0 Å². The van der Waals surface area contributed by atoms with Gasteiger partial charge in [0.1, 0.15) is 5.69 Å². The number of quaternary nitrogens is 1. The molecule has 0 saturated carbocycles.